The molecule has 0 aliphatic carbocycles. The molecule has 1 heteroatoms. The van der Waals surface area contributed by atoms with Gasteiger partial charge < -0.3 is 0 Å². The summed E-state index contributed by atoms with van der Waals surface area (Å²) in [6.45, 7) is 4.60. The first-order chi connectivity index (χ1) is 10.9. The molecule has 0 radical (unpaired) electrons. The Hall–Kier alpha value is -0.715. The van der Waals surface area contributed by atoms with Crippen molar-refractivity contribution in [2.75, 3.05) is 0 Å². The lowest BCUT2D eigenvalue weighted by Crippen LogP contribution is -2.19. The van der Waals surface area contributed by atoms with Crippen molar-refractivity contribution in [3.05, 3.63) is 30.3 Å². The first-order valence-electron chi connectivity index (χ1n) is 9.90. The smallest absolute Gasteiger partial charge is 0.0842 e. The molecule has 0 aliphatic rings. The molecule has 0 bridgehead atoms. The van der Waals surface area contributed by atoms with Crippen LogP contribution in [0.15, 0.2) is 30.3 Å². The Bertz CT molecular complexity index is 319. The molecule has 0 N–H and O–H groups in total. The monoisotopic (exact) mass is 300 g/mol. The largest absolute Gasteiger partial charge is 0.160 e. The number of benzene rings is 1. The molecule has 0 aromatic heterocycles. The Kier molecular flexibility index (Phi) is 12.2. The van der Waals surface area contributed by atoms with E-state index in [9.17, 15) is 0 Å². The summed E-state index contributed by atoms with van der Waals surface area (Å²) >= 11 is 0. The zero-order chi connectivity index (χ0) is 15.9. The Morgan fingerprint density at radius 3 is 1.68 bits per heavy atom. The first-order valence-corrected chi connectivity index (χ1v) is 9.90. The van der Waals surface area contributed by atoms with Gasteiger partial charge in [-0.1, -0.05) is 133 Å². The molecule has 0 saturated carbocycles. The van der Waals surface area contributed by atoms with Gasteiger partial charge in [0.1, 0.15) is 0 Å². The van der Waals surface area contributed by atoms with Crippen molar-refractivity contribution in [2.24, 2.45) is 0 Å². The Labute approximate surface area is 140 Å². The van der Waals surface area contributed by atoms with Gasteiger partial charge in [-0.3, -0.25) is 0 Å². The lowest BCUT2D eigenvalue weighted by Gasteiger charge is -2.16. The zero-order valence-electron chi connectivity index (χ0n) is 15.2. The van der Waals surface area contributed by atoms with E-state index in [0.717, 1.165) is 5.82 Å². The molecule has 0 amide bonds. The molecule has 1 rings (SSSR count). The topological polar surface area (TPSA) is 0 Å². The molecule has 0 atom stereocenters. The summed E-state index contributed by atoms with van der Waals surface area (Å²) in [7, 11) is 1.29. The number of hydrogen-bond donors (Lipinski definition) is 0. The van der Waals surface area contributed by atoms with E-state index < -0.39 is 0 Å². The maximum Gasteiger partial charge on any atom is 0.160 e. The maximum atomic E-state index is 2.31. The van der Waals surface area contributed by atoms with Crippen LogP contribution >= 0.6 is 0 Å². The highest BCUT2D eigenvalue weighted by Gasteiger charge is 2.11. The number of hydrogen-bond acceptors (Lipinski definition) is 0. The van der Waals surface area contributed by atoms with Crippen molar-refractivity contribution in [2.45, 2.75) is 96.7 Å². The normalized spacial score (nSPS) is 11.0. The van der Waals surface area contributed by atoms with Gasteiger partial charge in [0, 0.05) is 0 Å². The van der Waals surface area contributed by atoms with E-state index >= 15 is 0 Å². The Morgan fingerprint density at radius 1 is 0.682 bits per heavy atom. The molecule has 22 heavy (non-hydrogen) atoms. The quantitative estimate of drug-likeness (QED) is 0.281. The third kappa shape index (κ3) is 10.1. The third-order valence-electron chi connectivity index (χ3n) is 4.80. The lowest BCUT2D eigenvalue weighted by atomic mass is 9.56. The van der Waals surface area contributed by atoms with E-state index in [1.54, 1.807) is 0 Å². The van der Waals surface area contributed by atoms with Crippen LogP contribution in [0.3, 0.4) is 0 Å². The van der Waals surface area contributed by atoms with E-state index in [-0.39, 0.29) is 0 Å². The Morgan fingerprint density at radius 2 is 1.18 bits per heavy atom. The van der Waals surface area contributed by atoms with Crippen molar-refractivity contribution in [3.63, 3.8) is 0 Å². The molecule has 0 aliphatic heterocycles. The van der Waals surface area contributed by atoms with Crippen LogP contribution < -0.4 is 5.46 Å². The van der Waals surface area contributed by atoms with Crippen LogP contribution in [0.1, 0.15) is 90.9 Å². The van der Waals surface area contributed by atoms with Gasteiger partial charge in [0.25, 0.3) is 0 Å². The second kappa shape index (κ2) is 13.9. The fourth-order valence-electron chi connectivity index (χ4n) is 3.37. The standard InChI is InChI=1S/C21H37B/c1-3-5-7-9-12-16-20(17-13-10-8-6-4-2)22-21-18-14-11-15-19-21/h11,14-15,18-20,22H,3-10,12-13,16-17H2,1-2H3. The summed E-state index contributed by atoms with van der Waals surface area (Å²) in [6.07, 6.45) is 17.0. The molecule has 0 fully saturated rings. The van der Waals surface area contributed by atoms with E-state index in [1.807, 2.05) is 0 Å². The maximum absolute atomic E-state index is 2.31. The summed E-state index contributed by atoms with van der Waals surface area (Å²) in [4.78, 5) is 0. The highest BCUT2D eigenvalue weighted by molar-refractivity contribution is 6.54. The van der Waals surface area contributed by atoms with E-state index in [1.165, 1.54) is 89.8 Å². The van der Waals surface area contributed by atoms with Crippen molar-refractivity contribution >= 4 is 12.7 Å². The molecule has 124 valence electrons. The molecule has 0 nitrogen and oxygen atoms in total. The van der Waals surface area contributed by atoms with Gasteiger partial charge in [-0.15, -0.1) is 0 Å². The van der Waals surface area contributed by atoms with Crippen molar-refractivity contribution in [1.82, 2.24) is 0 Å². The molecule has 0 saturated heterocycles. The van der Waals surface area contributed by atoms with Crippen molar-refractivity contribution < 1.29 is 0 Å². The van der Waals surface area contributed by atoms with Gasteiger partial charge in [-0.25, -0.2) is 0 Å². The Balaban J connectivity index is 2.29. The van der Waals surface area contributed by atoms with E-state index in [0.29, 0.717) is 0 Å². The summed E-state index contributed by atoms with van der Waals surface area (Å²) in [6, 6.07) is 11.1. The second-order valence-corrected chi connectivity index (χ2v) is 6.96. The summed E-state index contributed by atoms with van der Waals surface area (Å²) in [5.74, 6) is 0.908. The van der Waals surface area contributed by atoms with Gasteiger partial charge in [-0.05, 0) is 0 Å². The van der Waals surface area contributed by atoms with Crippen molar-refractivity contribution in [3.8, 4) is 0 Å². The van der Waals surface area contributed by atoms with E-state index in [2.05, 4.69) is 44.2 Å². The summed E-state index contributed by atoms with van der Waals surface area (Å²) in [5, 5.41) is 0. The predicted molar refractivity (Wildman–Crippen MR) is 104 cm³/mol. The third-order valence-corrected chi connectivity index (χ3v) is 4.80. The predicted octanol–water partition coefficient (Wildman–Crippen LogP) is 6.26. The molecular weight excluding hydrogens is 263 g/mol. The van der Waals surface area contributed by atoms with Crippen LogP contribution in [0.2, 0.25) is 5.82 Å². The van der Waals surface area contributed by atoms with Crippen LogP contribution in [-0.4, -0.2) is 7.28 Å². The van der Waals surface area contributed by atoms with Gasteiger partial charge in [0.05, 0.1) is 0 Å². The van der Waals surface area contributed by atoms with Crippen LogP contribution in [0, 0.1) is 0 Å². The number of unbranched alkanes of at least 4 members (excludes halogenated alkanes) is 8. The fraction of sp³-hybridized carbons (Fsp3) is 0.714. The molecule has 0 spiro atoms. The lowest BCUT2D eigenvalue weighted by molar-refractivity contribution is 0.541. The molecular formula is C21H37B. The van der Waals surface area contributed by atoms with Crippen LogP contribution in [0.5, 0.6) is 0 Å². The van der Waals surface area contributed by atoms with Crippen LogP contribution in [0.4, 0.5) is 0 Å². The molecule has 0 unspecified atom stereocenters. The van der Waals surface area contributed by atoms with E-state index in [4.69, 9.17) is 0 Å². The minimum absolute atomic E-state index is 0.908. The van der Waals surface area contributed by atoms with Gasteiger partial charge in [0.15, 0.2) is 7.28 Å². The van der Waals surface area contributed by atoms with Gasteiger partial charge in [-0.2, -0.15) is 0 Å². The minimum Gasteiger partial charge on any atom is -0.0842 e. The molecule has 1 aromatic rings. The zero-order valence-corrected chi connectivity index (χ0v) is 15.2. The second-order valence-electron chi connectivity index (χ2n) is 6.96. The van der Waals surface area contributed by atoms with Gasteiger partial charge in [0.2, 0.25) is 0 Å². The van der Waals surface area contributed by atoms with Crippen LogP contribution in [-0.2, 0) is 0 Å². The first kappa shape index (κ1) is 19.3. The minimum atomic E-state index is 0.908. The molecule has 1 aromatic carbocycles. The summed E-state index contributed by atoms with van der Waals surface area (Å²) in [5.41, 5.74) is 1.54. The summed E-state index contributed by atoms with van der Waals surface area (Å²) < 4.78 is 0. The highest BCUT2D eigenvalue weighted by Crippen LogP contribution is 2.23. The average molecular weight is 300 g/mol. The van der Waals surface area contributed by atoms with Crippen molar-refractivity contribution in [1.29, 1.82) is 0 Å². The fourth-order valence-corrected chi connectivity index (χ4v) is 3.37. The van der Waals surface area contributed by atoms with Gasteiger partial charge >= 0.3 is 0 Å². The number of rotatable bonds is 14. The SMILES string of the molecule is CCCCCCCC(Bc1ccccc1)CCCCCCC. The average Bonchev–Trinajstić information content (AvgIpc) is 2.55. The highest BCUT2D eigenvalue weighted by atomic mass is 14.1. The molecule has 0 heterocycles. The van der Waals surface area contributed by atoms with Crippen LogP contribution in [0.25, 0.3) is 0 Å².